The normalized spacial score (nSPS) is 11.8. The molecule has 0 spiro atoms. The van der Waals surface area contributed by atoms with Gasteiger partial charge in [-0.05, 0) is 51.3 Å². The number of esters is 1. The van der Waals surface area contributed by atoms with Crippen LogP contribution in [0.2, 0.25) is 0 Å². The molecule has 0 aliphatic rings. The lowest BCUT2D eigenvalue weighted by Gasteiger charge is -2.14. The molecule has 0 saturated heterocycles. The fourth-order valence-electron chi connectivity index (χ4n) is 7.50. The van der Waals surface area contributed by atoms with Crippen molar-refractivity contribution in [2.75, 3.05) is 19.8 Å². The SMILES string of the molecule is CCCCCCCCCCCCOC(=O)c1cc2c(C)sc(-c3cc4c(OCCCCCCCC)c5sc(C)cc5c(OCCCCCCCC)c4s3)c2s1. The topological polar surface area (TPSA) is 44.8 Å². The number of carbonyl (C=O) groups is 1. The Balaban J connectivity index is 1.32. The van der Waals surface area contributed by atoms with E-state index >= 15 is 0 Å². The Kier molecular flexibility index (Phi) is 19.1. The summed E-state index contributed by atoms with van der Waals surface area (Å²) < 4.78 is 22.9. The first-order chi connectivity index (χ1) is 27.0. The Morgan fingerprint density at radius 1 is 0.491 bits per heavy atom. The summed E-state index contributed by atoms with van der Waals surface area (Å²) in [5, 5.41) is 3.51. The lowest BCUT2D eigenvalue weighted by Crippen LogP contribution is -2.04. The van der Waals surface area contributed by atoms with Crippen LogP contribution in [0, 0.1) is 13.8 Å². The Hall–Kier alpha value is -2.13. The van der Waals surface area contributed by atoms with Crippen molar-refractivity contribution in [1.29, 1.82) is 0 Å². The van der Waals surface area contributed by atoms with Crippen LogP contribution in [-0.2, 0) is 4.74 Å². The number of hydrogen-bond donors (Lipinski definition) is 0. The first kappa shape index (κ1) is 44.0. The van der Waals surface area contributed by atoms with E-state index in [2.05, 4.69) is 52.8 Å². The first-order valence-corrected chi connectivity index (χ1v) is 25.2. The maximum Gasteiger partial charge on any atom is 0.348 e. The summed E-state index contributed by atoms with van der Waals surface area (Å²) in [4.78, 5) is 18.9. The highest BCUT2D eigenvalue weighted by molar-refractivity contribution is 7.31. The minimum Gasteiger partial charge on any atom is -0.491 e. The molecule has 0 aliphatic carbocycles. The molecule has 5 aromatic rings. The van der Waals surface area contributed by atoms with E-state index in [0.29, 0.717) is 11.5 Å². The summed E-state index contributed by atoms with van der Waals surface area (Å²) >= 11 is 7.06. The van der Waals surface area contributed by atoms with Crippen molar-refractivity contribution in [3.8, 4) is 21.3 Å². The second kappa shape index (κ2) is 23.9. The van der Waals surface area contributed by atoms with Crippen LogP contribution in [0.5, 0.6) is 11.5 Å². The van der Waals surface area contributed by atoms with E-state index < -0.39 is 0 Å². The van der Waals surface area contributed by atoms with Gasteiger partial charge < -0.3 is 14.2 Å². The van der Waals surface area contributed by atoms with Crippen molar-refractivity contribution >= 4 is 81.6 Å². The number of fused-ring (bicyclic) bond motifs is 3. The number of aryl methyl sites for hydroxylation is 2. The second-order valence-corrected chi connectivity index (χ2v) is 20.1. The molecule has 4 nitrogen and oxygen atoms in total. The third kappa shape index (κ3) is 12.7. The van der Waals surface area contributed by atoms with Crippen molar-refractivity contribution in [2.45, 2.75) is 176 Å². The van der Waals surface area contributed by atoms with Gasteiger partial charge in [-0.3, -0.25) is 0 Å². The molecule has 4 heterocycles. The van der Waals surface area contributed by atoms with E-state index in [1.54, 1.807) is 11.3 Å². The third-order valence-electron chi connectivity index (χ3n) is 10.7. The molecule has 0 saturated carbocycles. The summed E-state index contributed by atoms with van der Waals surface area (Å²) in [6, 6.07) is 6.70. The Bertz CT molecular complexity index is 1800. The quantitative estimate of drug-likeness (QED) is 0.0356. The Labute approximate surface area is 348 Å². The number of hydrogen-bond acceptors (Lipinski definition) is 8. The number of thiophene rings is 4. The second-order valence-electron chi connectivity index (χ2n) is 15.5. The van der Waals surface area contributed by atoms with Crippen LogP contribution >= 0.6 is 45.3 Å². The molecule has 4 aromatic heterocycles. The average Bonchev–Trinajstić information content (AvgIpc) is 3.97. The van der Waals surface area contributed by atoms with Crippen molar-refractivity contribution in [3.63, 3.8) is 0 Å². The lowest BCUT2D eigenvalue weighted by atomic mass is 10.1. The fourth-order valence-corrected chi connectivity index (χ4v) is 12.3. The molecule has 1 aromatic carbocycles. The van der Waals surface area contributed by atoms with Crippen molar-refractivity contribution < 1.29 is 19.0 Å². The smallest absolute Gasteiger partial charge is 0.348 e. The molecule has 0 amide bonds. The summed E-state index contributed by atoms with van der Waals surface area (Å²) in [5.74, 6) is 1.84. The fraction of sp³-hybridized carbons (Fsp3) is 0.638. The van der Waals surface area contributed by atoms with Gasteiger partial charge in [0.2, 0.25) is 0 Å². The monoisotopic (exact) mass is 824 g/mol. The highest BCUT2D eigenvalue weighted by atomic mass is 32.1. The number of ether oxygens (including phenoxy) is 3. The Morgan fingerprint density at radius 3 is 1.51 bits per heavy atom. The van der Waals surface area contributed by atoms with E-state index in [0.717, 1.165) is 55.8 Å². The largest absolute Gasteiger partial charge is 0.491 e. The highest BCUT2D eigenvalue weighted by Crippen LogP contribution is 2.53. The van der Waals surface area contributed by atoms with Gasteiger partial charge in [-0.2, -0.15) is 0 Å². The van der Waals surface area contributed by atoms with Gasteiger partial charge in [-0.15, -0.1) is 45.3 Å². The van der Waals surface area contributed by atoms with Gasteiger partial charge in [0.05, 0.1) is 38.8 Å². The van der Waals surface area contributed by atoms with Crippen LogP contribution in [0.4, 0.5) is 0 Å². The van der Waals surface area contributed by atoms with E-state index in [4.69, 9.17) is 14.2 Å². The molecule has 304 valence electrons. The maximum atomic E-state index is 13.3. The lowest BCUT2D eigenvalue weighted by molar-refractivity contribution is 0.0503. The van der Waals surface area contributed by atoms with Crippen LogP contribution in [0.15, 0.2) is 18.2 Å². The van der Waals surface area contributed by atoms with Crippen LogP contribution in [0.25, 0.3) is 40.0 Å². The predicted octanol–water partition coefficient (Wildman–Crippen LogP) is 17.2. The van der Waals surface area contributed by atoms with E-state index in [9.17, 15) is 4.79 Å². The molecule has 0 atom stereocenters. The number of carbonyl (C=O) groups excluding carboxylic acids is 1. The van der Waals surface area contributed by atoms with E-state index in [1.807, 2.05) is 34.0 Å². The third-order valence-corrected chi connectivity index (χ3v) is 15.5. The molecule has 0 unspecified atom stereocenters. The number of rotatable bonds is 29. The predicted molar refractivity (Wildman–Crippen MR) is 245 cm³/mol. The van der Waals surface area contributed by atoms with Gasteiger partial charge in [0.1, 0.15) is 16.4 Å². The van der Waals surface area contributed by atoms with Crippen molar-refractivity contribution in [1.82, 2.24) is 0 Å². The standard InChI is InChI=1S/C47H68O4S4/c1-6-9-12-15-18-19-20-21-24-27-30-51-47(48)40-32-36-35(5)53-46(45(36)55-40)39-33-38-42(50-29-26-23-17-14-11-8-3)43-37(31-34(4)52-43)41(44(38)54-39)49-28-25-22-16-13-10-7-2/h31-33H,6-30H2,1-5H3. The first-order valence-electron chi connectivity index (χ1n) is 21.9. The van der Waals surface area contributed by atoms with Crippen LogP contribution in [-0.4, -0.2) is 25.8 Å². The molecule has 5 rings (SSSR count). The van der Waals surface area contributed by atoms with Gasteiger partial charge in [0.15, 0.2) is 0 Å². The summed E-state index contributed by atoms with van der Waals surface area (Å²) in [6.45, 7) is 13.1. The summed E-state index contributed by atoms with van der Waals surface area (Å²) in [7, 11) is 0. The summed E-state index contributed by atoms with van der Waals surface area (Å²) in [5.41, 5.74) is 0. The van der Waals surface area contributed by atoms with Gasteiger partial charge in [-0.25, -0.2) is 4.79 Å². The average molecular weight is 825 g/mol. The zero-order valence-electron chi connectivity index (χ0n) is 34.7. The zero-order valence-corrected chi connectivity index (χ0v) is 37.9. The summed E-state index contributed by atoms with van der Waals surface area (Å²) in [6.07, 6.45) is 27.6. The minimum atomic E-state index is -0.185. The van der Waals surface area contributed by atoms with Crippen LogP contribution in [0.3, 0.4) is 0 Å². The molecule has 8 heteroatoms. The van der Waals surface area contributed by atoms with E-state index in [1.165, 1.54) is 160 Å². The molecule has 0 N–H and O–H groups in total. The molecular weight excluding hydrogens is 757 g/mol. The molecule has 0 radical (unpaired) electrons. The molecule has 0 aliphatic heterocycles. The molecule has 0 fully saturated rings. The van der Waals surface area contributed by atoms with Crippen LogP contribution < -0.4 is 9.47 Å². The molecule has 0 bridgehead atoms. The van der Waals surface area contributed by atoms with Crippen LogP contribution in [0.1, 0.15) is 181 Å². The van der Waals surface area contributed by atoms with Gasteiger partial charge >= 0.3 is 5.97 Å². The van der Waals surface area contributed by atoms with Gasteiger partial charge in [0, 0.05) is 30.8 Å². The highest BCUT2D eigenvalue weighted by Gasteiger charge is 2.25. The van der Waals surface area contributed by atoms with Gasteiger partial charge in [0.25, 0.3) is 0 Å². The van der Waals surface area contributed by atoms with E-state index in [-0.39, 0.29) is 5.97 Å². The molecular formula is C47H68O4S4. The van der Waals surface area contributed by atoms with Crippen molar-refractivity contribution in [2.24, 2.45) is 0 Å². The zero-order chi connectivity index (χ0) is 38.8. The Morgan fingerprint density at radius 2 is 0.964 bits per heavy atom. The maximum absolute atomic E-state index is 13.3. The molecule has 55 heavy (non-hydrogen) atoms. The van der Waals surface area contributed by atoms with Gasteiger partial charge in [-0.1, -0.05) is 143 Å². The van der Waals surface area contributed by atoms with Crippen molar-refractivity contribution in [3.05, 3.63) is 32.8 Å². The number of benzene rings is 1. The number of unbranched alkanes of at least 4 members (excludes halogenated alkanes) is 19. The minimum absolute atomic E-state index is 0.185.